The SMILES string of the molecule is CC(C)CCOC(=O)C(C)c1ccc2cc(C(C)C)ccc2c1. The van der Waals surface area contributed by atoms with E-state index in [9.17, 15) is 4.79 Å². The van der Waals surface area contributed by atoms with Gasteiger partial charge in [0.2, 0.25) is 0 Å². The summed E-state index contributed by atoms with van der Waals surface area (Å²) in [6.07, 6.45) is 0.911. The van der Waals surface area contributed by atoms with Gasteiger partial charge in [-0.3, -0.25) is 4.79 Å². The topological polar surface area (TPSA) is 26.3 Å². The van der Waals surface area contributed by atoms with E-state index in [-0.39, 0.29) is 11.9 Å². The summed E-state index contributed by atoms with van der Waals surface area (Å²) in [5.41, 5.74) is 2.36. The molecule has 2 rings (SSSR count). The van der Waals surface area contributed by atoms with Crippen LogP contribution in [-0.4, -0.2) is 12.6 Å². The highest BCUT2D eigenvalue weighted by Gasteiger charge is 2.17. The van der Waals surface area contributed by atoms with Crippen LogP contribution in [0.2, 0.25) is 0 Å². The van der Waals surface area contributed by atoms with E-state index < -0.39 is 0 Å². The van der Waals surface area contributed by atoms with Gasteiger partial charge in [0.05, 0.1) is 12.5 Å². The Hall–Kier alpha value is -1.83. The Balaban J connectivity index is 2.13. The molecule has 2 nitrogen and oxygen atoms in total. The minimum absolute atomic E-state index is 0.135. The highest BCUT2D eigenvalue weighted by molar-refractivity contribution is 5.86. The first-order valence-corrected chi connectivity index (χ1v) is 8.58. The molecule has 0 aliphatic rings. The number of carbonyl (C=O) groups excluding carboxylic acids is 1. The highest BCUT2D eigenvalue weighted by atomic mass is 16.5. The van der Waals surface area contributed by atoms with Gasteiger partial charge in [0.1, 0.15) is 0 Å². The monoisotopic (exact) mass is 312 g/mol. The van der Waals surface area contributed by atoms with E-state index in [2.05, 4.69) is 58.0 Å². The minimum Gasteiger partial charge on any atom is -0.465 e. The Bertz CT molecular complexity index is 671. The van der Waals surface area contributed by atoms with Crippen LogP contribution >= 0.6 is 0 Å². The molecule has 0 N–H and O–H groups in total. The second-order valence-corrected chi connectivity index (χ2v) is 7.09. The molecule has 1 unspecified atom stereocenters. The molecular weight excluding hydrogens is 284 g/mol. The molecular formula is C21H28O2. The van der Waals surface area contributed by atoms with E-state index in [0.717, 1.165) is 12.0 Å². The number of hydrogen-bond acceptors (Lipinski definition) is 2. The summed E-state index contributed by atoms with van der Waals surface area (Å²) in [7, 11) is 0. The smallest absolute Gasteiger partial charge is 0.313 e. The predicted molar refractivity (Wildman–Crippen MR) is 96.9 cm³/mol. The van der Waals surface area contributed by atoms with E-state index in [1.807, 2.05) is 13.0 Å². The van der Waals surface area contributed by atoms with Crippen LogP contribution < -0.4 is 0 Å². The molecule has 0 fully saturated rings. The normalized spacial score (nSPS) is 12.8. The first-order valence-electron chi connectivity index (χ1n) is 8.58. The van der Waals surface area contributed by atoms with Crippen molar-refractivity contribution < 1.29 is 9.53 Å². The van der Waals surface area contributed by atoms with Crippen molar-refractivity contribution in [3.05, 3.63) is 47.5 Å². The van der Waals surface area contributed by atoms with E-state index in [4.69, 9.17) is 4.74 Å². The van der Waals surface area contributed by atoms with Crippen molar-refractivity contribution in [2.24, 2.45) is 5.92 Å². The third kappa shape index (κ3) is 4.57. The van der Waals surface area contributed by atoms with Crippen LogP contribution in [0.1, 0.15) is 64.0 Å². The average Bonchev–Trinajstić information content (AvgIpc) is 2.52. The first kappa shape index (κ1) is 17.5. The lowest BCUT2D eigenvalue weighted by molar-refractivity contribution is -0.145. The van der Waals surface area contributed by atoms with E-state index in [0.29, 0.717) is 18.4 Å². The summed E-state index contributed by atoms with van der Waals surface area (Å²) < 4.78 is 5.39. The van der Waals surface area contributed by atoms with Gasteiger partial charge >= 0.3 is 5.97 Å². The molecule has 23 heavy (non-hydrogen) atoms. The Kier molecular flexibility index (Phi) is 5.81. The fourth-order valence-electron chi connectivity index (χ4n) is 2.57. The van der Waals surface area contributed by atoms with Crippen LogP contribution in [0.15, 0.2) is 36.4 Å². The third-order valence-corrected chi connectivity index (χ3v) is 4.35. The zero-order valence-electron chi connectivity index (χ0n) is 14.9. The highest BCUT2D eigenvalue weighted by Crippen LogP contribution is 2.26. The molecule has 0 saturated carbocycles. The third-order valence-electron chi connectivity index (χ3n) is 4.35. The second kappa shape index (κ2) is 7.63. The summed E-state index contributed by atoms with van der Waals surface area (Å²) in [6, 6.07) is 12.8. The first-order chi connectivity index (χ1) is 10.9. The van der Waals surface area contributed by atoms with Gasteiger partial charge in [-0.1, -0.05) is 64.1 Å². The van der Waals surface area contributed by atoms with Gasteiger partial charge in [0.15, 0.2) is 0 Å². The number of hydrogen-bond donors (Lipinski definition) is 0. The van der Waals surface area contributed by atoms with Crippen LogP contribution in [0.3, 0.4) is 0 Å². The molecule has 0 aliphatic heterocycles. The van der Waals surface area contributed by atoms with E-state index >= 15 is 0 Å². The summed E-state index contributed by atoms with van der Waals surface area (Å²) in [5.74, 6) is 0.711. The van der Waals surface area contributed by atoms with Crippen LogP contribution in [0.4, 0.5) is 0 Å². The standard InChI is InChI=1S/C21H28O2/c1-14(2)10-11-23-21(22)16(5)18-7-9-19-12-17(15(3)4)6-8-20(19)13-18/h6-9,12-16H,10-11H2,1-5H3. The molecule has 124 valence electrons. The molecule has 0 radical (unpaired) electrons. The lowest BCUT2D eigenvalue weighted by Gasteiger charge is -2.14. The van der Waals surface area contributed by atoms with Crippen molar-refractivity contribution in [1.82, 2.24) is 0 Å². The zero-order valence-corrected chi connectivity index (χ0v) is 14.9. The number of benzene rings is 2. The summed E-state index contributed by atoms with van der Waals surface area (Å²) in [4.78, 5) is 12.2. The molecule has 0 saturated heterocycles. The van der Waals surface area contributed by atoms with E-state index in [1.54, 1.807) is 0 Å². The Morgan fingerprint density at radius 3 is 2.04 bits per heavy atom. The van der Waals surface area contributed by atoms with Gasteiger partial charge in [0, 0.05) is 0 Å². The lowest BCUT2D eigenvalue weighted by atomic mass is 9.95. The molecule has 2 aromatic carbocycles. The van der Waals surface area contributed by atoms with Crippen LogP contribution in [0.5, 0.6) is 0 Å². The van der Waals surface area contributed by atoms with Crippen molar-refractivity contribution in [3.63, 3.8) is 0 Å². The Morgan fingerprint density at radius 2 is 1.48 bits per heavy atom. The largest absolute Gasteiger partial charge is 0.465 e. The number of carbonyl (C=O) groups is 1. The van der Waals surface area contributed by atoms with Gasteiger partial charge in [-0.2, -0.15) is 0 Å². The molecule has 0 aromatic heterocycles. The van der Waals surface area contributed by atoms with Crippen molar-refractivity contribution in [2.45, 2.75) is 52.9 Å². The molecule has 0 amide bonds. The van der Waals surface area contributed by atoms with Crippen molar-refractivity contribution in [3.8, 4) is 0 Å². The Labute approximate surface area is 139 Å². The van der Waals surface area contributed by atoms with Gasteiger partial charge in [0.25, 0.3) is 0 Å². The maximum atomic E-state index is 12.2. The van der Waals surface area contributed by atoms with Gasteiger partial charge < -0.3 is 4.74 Å². The van der Waals surface area contributed by atoms with Crippen LogP contribution in [0.25, 0.3) is 10.8 Å². The van der Waals surface area contributed by atoms with Gasteiger partial charge in [-0.15, -0.1) is 0 Å². The number of rotatable bonds is 6. The summed E-state index contributed by atoms with van der Waals surface area (Å²) in [6.45, 7) is 11.1. The van der Waals surface area contributed by atoms with Crippen LogP contribution in [0, 0.1) is 5.92 Å². The van der Waals surface area contributed by atoms with Crippen LogP contribution in [-0.2, 0) is 9.53 Å². The lowest BCUT2D eigenvalue weighted by Crippen LogP contribution is -2.14. The minimum atomic E-state index is -0.226. The van der Waals surface area contributed by atoms with Gasteiger partial charge in [-0.05, 0) is 47.1 Å². The van der Waals surface area contributed by atoms with Crippen molar-refractivity contribution in [2.75, 3.05) is 6.61 Å². The van der Waals surface area contributed by atoms with Crippen molar-refractivity contribution >= 4 is 16.7 Å². The molecule has 1 atom stereocenters. The number of ether oxygens (including phenoxy) is 1. The van der Waals surface area contributed by atoms with Crippen molar-refractivity contribution in [1.29, 1.82) is 0 Å². The molecule has 2 aromatic rings. The fraction of sp³-hybridized carbons (Fsp3) is 0.476. The molecule has 0 spiro atoms. The summed E-state index contributed by atoms with van der Waals surface area (Å²) >= 11 is 0. The predicted octanol–water partition coefficient (Wildman–Crippen LogP) is 5.66. The average molecular weight is 312 g/mol. The van der Waals surface area contributed by atoms with Gasteiger partial charge in [-0.25, -0.2) is 0 Å². The fourth-order valence-corrected chi connectivity index (χ4v) is 2.57. The molecule has 2 heteroatoms. The summed E-state index contributed by atoms with van der Waals surface area (Å²) in [5, 5.41) is 2.40. The van der Waals surface area contributed by atoms with E-state index in [1.165, 1.54) is 16.3 Å². The number of esters is 1. The molecule has 0 bridgehead atoms. The quantitative estimate of drug-likeness (QED) is 0.644. The maximum Gasteiger partial charge on any atom is 0.313 e. The molecule has 0 aliphatic carbocycles. The zero-order chi connectivity index (χ0) is 17.0. The second-order valence-electron chi connectivity index (χ2n) is 7.09. The molecule has 0 heterocycles. The Morgan fingerprint density at radius 1 is 0.913 bits per heavy atom. The maximum absolute atomic E-state index is 12.2. The number of fused-ring (bicyclic) bond motifs is 1.